The average molecular weight is 714 g/mol. The Kier molecular flexibility index (Phi) is 7.22. The lowest BCUT2D eigenvalue weighted by atomic mass is 9.95. The highest BCUT2D eigenvalue weighted by Crippen LogP contribution is 2.49. The first-order valence-electron chi connectivity index (χ1n) is 15.6. The second-order valence-electron chi connectivity index (χ2n) is 12.1. The first-order valence-corrected chi connectivity index (χ1v) is 15.6. The van der Waals surface area contributed by atoms with Gasteiger partial charge in [0.15, 0.2) is 0 Å². The van der Waals surface area contributed by atoms with Crippen LogP contribution in [0.3, 0.4) is 0 Å². The minimum absolute atomic E-state index is 0.0154. The third kappa shape index (κ3) is 5.06. The summed E-state index contributed by atoms with van der Waals surface area (Å²) in [7, 11) is 0. The van der Waals surface area contributed by atoms with Crippen LogP contribution in [0.1, 0.15) is 16.7 Å². The number of benzene rings is 6. The number of hydrogen-bond donors (Lipinski definition) is 0. The quantitative estimate of drug-likeness (QED) is 0.128. The first-order chi connectivity index (χ1) is 24.7. The van der Waals surface area contributed by atoms with Crippen LogP contribution in [0.25, 0.3) is 71.0 Å². The van der Waals surface area contributed by atoms with Gasteiger partial charge < -0.3 is 9.13 Å². The fraction of sp³-hybridized carbons (Fsp3) is 0.0750. The van der Waals surface area contributed by atoms with Crippen molar-refractivity contribution in [2.24, 2.45) is 0 Å². The number of hydrogen-bond acceptors (Lipinski definition) is 0. The van der Waals surface area contributed by atoms with Crippen LogP contribution in [-0.4, -0.2) is 9.13 Å². The summed E-state index contributed by atoms with van der Waals surface area (Å²) in [5.41, 5.74) is -3.24. The topological polar surface area (TPSA) is 14.2 Å². The molecule has 258 valence electrons. The molecule has 0 atom stereocenters. The molecule has 0 N–H and O–H groups in total. The van der Waals surface area contributed by atoms with Crippen LogP contribution in [0.15, 0.2) is 121 Å². The van der Waals surface area contributed by atoms with Crippen molar-refractivity contribution in [2.75, 3.05) is 0 Å². The van der Waals surface area contributed by atoms with Crippen molar-refractivity contribution < 1.29 is 39.5 Å². The van der Waals surface area contributed by atoms with Gasteiger partial charge in [-0.1, -0.05) is 72.8 Å². The third-order valence-corrected chi connectivity index (χ3v) is 9.23. The molecular formula is C40H20F9N3. The molecule has 8 aromatic rings. The van der Waals surface area contributed by atoms with E-state index >= 15 is 0 Å². The van der Waals surface area contributed by atoms with Gasteiger partial charge in [0, 0.05) is 21.5 Å². The van der Waals surface area contributed by atoms with E-state index in [1.54, 1.807) is 48.5 Å². The Morgan fingerprint density at radius 1 is 0.442 bits per heavy atom. The fourth-order valence-electron chi connectivity index (χ4n) is 7.06. The number of alkyl halides is 9. The van der Waals surface area contributed by atoms with Crippen molar-refractivity contribution >= 4 is 49.3 Å². The zero-order chi connectivity index (χ0) is 36.7. The predicted octanol–water partition coefficient (Wildman–Crippen LogP) is 13.2. The maximum Gasteiger partial charge on any atom is 0.417 e. The van der Waals surface area contributed by atoms with Crippen molar-refractivity contribution in [2.45, 2.75) is 18.5 Å². The third-order valence-electron chi connectivity index (χ3n) is 9.23. The summed E-state index contributed by atoms with van der Waals surface area (Å²) < 4.78 is 131. The van der Waals surface area contributed by atoms with Crippen molar-refractivity contribution in [1.82, 2.24) is 9.13 Å². The van der Waals surface area contributed by atoms with Crippen molar-refractivity contribution in [1.29, 1.82) is 0 Å². The summed E-state index contributed by atoms with van der Waals surface area (Å²) in [4.78, 5) is 3.81. The lowest BCUT2D eigenvalue weighted by Crippen LogP contribution is -2.09. The summed E-state index contributed by atoms with van der Waals surface area (Å²) in [6.45, 7) is 8.50. The molecule has 3 nitrogen and oxygen atoms in total. The molecule has 0 spiro atoms. The zero-order valence-corrected chi connectivity index (χ0v) is 26.3. The molecule has 0 aliphatic heterocycles. The molecule has 0 saturated carbocycles. The minimum atomic E-state index is -4.87. The Morgan fingerprint density at radius 2 is 0.923 bits per heavy atom. The second-order valence-corrected chi connectivity index (χ2v) is 12.1. The maximum atomic E-state index is 14.6. The molecule has 0 bridgehead atoms. The van der Waals surface area contributed by atoms with Crippen LogP contribution in [0.5, 0.6) is 0 Å². The summed E-state index contributed by atoms with van der Waals surface area (Å²) in [6, 6.07) is 26.8. The number of aromatic nitrogens is 2. The number of nitrogens with zero attached hydrogens (tertiary/aromatic N) is 3. The van der Waals surface area contributed by atoms with Crippen LogP contribution in [-0.2, 0) is 18.5 Å². The van der Waals surface area contributed by atoms with Gasteiger partial charge in [0.1, 0.15) is 0 Å². The van der Waals surface area contributed by atoms with Gasteiger partial charge >= 0.3 is 18.5 Å². The molecule has 8 rings (SSSR count). The van der Waals surface area contributed by atoms with Crippen molar-refractivity contribution in [3.05, 3.63) is 149 Å². The first kappa shape index (κ1) is 33.0. The molecule has 0 radical (unpaired) electrons. The van der Waals surface area contributed by atoms with E-state index in [-0.39, 0.29) is 39.2 Å². The number of fused-ring (bicyclic) bond motifs is 6. The Hall–Kier alpha value is -6.22. The monoisotopic (exact) mass is 713 g/mol. The fourth-order valence-corrected chi connectivity index (χ4v) is 7.06. The van der Waals surface area contributed by atoms with E-state index in [4.69, 9.17) is 6.57 Å². The van der Waals surface area contributed by atoms with Gasteiger partial charge in [0.25, 0.3) is 0 Å². The molecule has 0 saturated heterocycles. The van der Waals surface area contributed by atoms with Crippen molar-refractivity contribution in [3.63, 3.8) is 0 Å². The molecule has 0 aliphatic carbocycles. The molecule has 12 heteroatoms. The van der Waals surface area contributed by atoms with Crippen LogP contribution in [0, 0.1) is 6.57 Å². The lowest BCUT2D eigenvalue weighted by Gasteiger charge is -2.22. The molecule has 0 aliphatic rings. The minimum Gasteiger partial charge on any atom is -0.319 e. The van der Waals surface area contributed by atoms with Gasteiger partial charge in [-0.15, -0.1) is 0 Å². The Labute approximate surface area is 288 Å². The maximum absolute atomic E-state index is 14.6. The van der Waals surface area contributed by atoms with E-state index in [0.717, 1.165) is 30.3 Å². The number of rotatable bonds is 3. The highest BCUT2D eigenvalue weighted by atomic mass is 19.4. The molecule has 0 amide bonds. The normalized spacial score (nSPS) is 12.7. The highest BCUT2D eigenvalue weighted by Gasteiger charge is 2.36. The lowest BCUT2D eigenvalue weighted by molar-refractivity contribution is -0.138. The largest absolute Gasteiger partial charge is 0.417 e. The van der Waals surface area contributed by atoms with Gasteiger partial charge in [-0.3, -0.25) is 0 Å². The SMILES string of the molecule is [C-]#[N+]c1c(-n2c3ccccc3c3ccc(C(F)(F)F)cc32)ccc(-c2ccccc2C(F)(F)F)c1-n1c2ccccc2c2ccc(C(F)(F)F)cc21. The van der Waals surface area contributed by atoms with Gasteiger partial charge in [0.05, 0.1) is 56.7 Å². The second kappa shape index (κ2) is 11.4. The molecule has 2 heterocycles. The molecule has 52 heavy (non-hydrogen) atoms. The molecular weight excluding hydrogens is 693 g/mol. The van der Waals surface area contributed by atoms with Crippen LogP contribution < -0.4 is 0 Å². The van der Waals surface area contributed by atoms with Crippen molar-refractivity contribution in [3.8, 4) is 22.5 Å². The Morgan fingerprint density at radius 3 is 1.46 bits per heavy atom. The zero-order valence-electron chi connectivity index (χ0n) is 26.3. The Balaban J connectivity index is 1.59. The summed E-state index contributed by atoms with van der Waals surface area (Å²) >= 11 is 0. The smallest absolute Gasteiger partial charge is 0.319 e. The van der Waals surface area contributed by atoms with Gasteiger partial charge in [-0.05, 0) is 59.7 Å². The van der Waals surface area contributed by atoms with E-state index in [1.807, 2.05) is 0 Å². The molecule has 0 fully saturated rings. The predicted molar refractivity (Wildman–Crippen MR) is 182 cm³/mol. The van der Waals surface area contributed by atoms with E-state index in [0.29, 0.717) is 32.6 Å². The Bertz CT molecular complexity index is 2770. The van der Waals surface area contributed by atoms with E-state index < -0.39 is 35.2 Å². The number of halogens is 9. The summed E-state index contributed by atoms with van der Waals surface area (Å²) in [5, 5.41) is 1.77. The van der Waals surface area contributed by atoms with Crippen LogP contribution in [0.4, 0.5) is 45.2 Å². The molecule has 2 aromatic heterocycles. The summed E-state index contributed by atoms with van der Waals surface area (Å²) in [6.07, 6.45) is -14.4. The van der Waals surface area contributed by atoms with Gasteiger partial charge in [-0.2, -0.15) is 39.5 Å². The van der Waals surface area contributed by atoms with Gasteiger partial charge in [-0.25, -0.2) is 4.85 Å². The molecule has 0 unspecified atom stereocenters. The highest BCUT2D eigenvalue weighted by molar-refractivity contribution is 6.13. The standard InChI is InChI=1S/C40H20F9N3/c1-50-36-33(51-31-12-6-3-9-25(31)27-16-14-22(20-34(27)51)38(41,42)43)19-18-29(24-8-2-5-11-30(24)40(47,48)49)37(36)52-32-13-7-4-10-26(32)28-17-15-23(21-35(28)52)39(44,45)46/h2-21H. The number of para-hydroxylation sites is 2. The van der Waals surface area contributed by atoms with Gasteiger partial charge in [0.2, 0.25) is 5.69 Å². The van der Waals surface area contributed by atoms with E-state index in [2.05, 4.69) is 4.85 Å². The van der Waals surface area contributed by atoms with Crippen LogP contribution >= 0.6 is 0 Å². The average Bonchev–Trinajstić information content (AvgIpc) is 3.62. The van der Waals surface area contributed by atoms with Crippen LogP contribution in [0.2, 0.25) is 0 Å². The molecule has 6 aromatic carbocycles. The van der Waals surface area contributed by atoms with E-state index in [1.165, 1.54) is 51.6 Å². The summed E-state index contributed by atoms with van der Waals surface area (Å²) in [5.74, 6) is 0. The van der Waals surface area contributed by atoms with E-state index in [9.17, 15) is 39.5 Å².